The molecule has 0 bridgehead atoms. The number of anilines is 1. The van der Waals surface area contributed by atoms with Gasteiger partial charge in [-0.2, -0.15) is 0 Å². The summed E-state index contributed by atoms with van der Waals surface area (Å²) < 4.78 is 5.35. The van der Waals surface area contributed by atoms with Gasteiger partial charge in [0.25, 0.3) is 0 Å². The van der Waals surface area contributed by atoms with Crippen LogP contribution in [0.3, 0.4) is 0 Å². The number of carbonyl (C=O) groups is 3. The molecule has 0 aliphatic rings. The maximum absolute atomic E-state index is 12.8. The monoisotopic (exact) mass is 382 g/mol. The van der Waals surface area contributed by atoms with E-state index in [0.717, 1.165) is 0 Å². The van der Waals surface area contributed by atoms with Gasteiger partial charge in [0.15, 0.2) is 0 Å². The zero-order valence-electron chi connectivity index (χ0n) is 16.6. The average molecular weight is 382 g/mol. The lowest BCUT2D eigenvalue weighted by Gasteiger charge is -2.20. The van der Waals surface area contributed by atoms with Crippen molar-refractivity contribution in [1.29, 1.82) is 0 Å². The van der Waals surface area contributed by atoms with Crippen molar-refractivity contribution >= 4 is 23.5 Å². The number of nitrogens with one attached hydrogen (secondary N) is 2. The molecule has 0 aromatic heterocycles. The number of hydrogen-bond acceptors (Lipinski definition) is 4. The smallest absolute Gasteiger partial charge is 0.338 e. The SMILES string of the molecule is CC(=O)NCC(C(=O)Nc1ccccc1)c1ccc(C(=O)OC(C)(C)C)cc1. The summed E-state index contributed by atoms with van der Waals surface area (Å²) in [5.74, 6) is -1.49. The fourth-order valence-electron chi connectivity index (χ4n) is 2.55. The molecular weight excluding hydrogens is 356 g/mol. The number of hydrogen-bond donors (Lipinski definition) is 2. The minimum Gasteiger partial charge on any atom is -0.456 e. The lowest BCUT2D eigenvalue weighted by Crippen LogP contribution is -2.33. The van der Waals surface area contributed by atoms with Crippen LogP contribution in [0.2, 0.25) is 0 Å². The van der Waals surface area contributed by atoms with Gasteiger partial charge in [0, 0.05) is 19.2 Å². The van der Waals surface area contributed by atoms with Crippen LogP contribution in [0.4, 0.5) is 5.69 Å². The van der Waals surface area contributed by atoms with Crippen LogP contribution >= 0.6 is 0 Å². The van der Waals surface area contributed by atoms with Crippen LogP contribution in [0, 0.1) is 0 Å². The summed E-state index contributed by atoms with van der Waals surface area (Å²) in [5, 5.41) is 5.54. The van der Waals surface area contributed by atoms with Gasteiger partial charge in [0.2, 0.25) is 11.8 Å². The van der Waals surface area contributed by atoms with Crippen LogP contribution < -0.4 is 10.6 Å². The third-order valence-corrected chi connectivity index (χ3v) is 3.86. The molecule has 0 heterocycles. The van der Waals surface area contributed by atoms with Crippen molar-refractivity contribution in [3.8, 4) is 0 Å². The highest BCUT2D eigenvalue weighted by Gasteiger charge is 2.23. The van der Waals surface area contributed by atoms with Crippen LogP contribution in [-0.2, 0) is 14.3 Å². The molecule has 1 atom stereocenters. The van der Waals surface area contributed by atoms with Crippen molar-refractivity contribution in [2.24, 2.45) is 0 Å². The van der Waals surface area contributed by atoms with E-state index in [9.17, 15) is 14.4 Å². The van der Waals surface area contributed by atoms with E-state index in [1.165, 1.54) is 6.92 Å². The summed E-state index contributed by atoms with van der Waals surface area (Å²) in [4.78, 5) is 36.3. The molecule has 6 heteroatoms. The van der Waals surface area contributed by atoms with E-state index in [-0.39, 0.29) is 18.4 Å². The highest BCUT2D eigenvalue weighted by molar-refractivity contribution is 5.96. The predicted molar refractivity (Wildman–Crippen MR) is 108 cm³/mol. The molecule has 0 radical (unpaired) electrons. The molecule has 0 aliphatic heterocycles. The maximum atomic E-state index is 12.8. The molecular formula is C22H26N2O4. The van der Waals surface area contributed by atoms with E-state index in [1.807, 2.05) is 18.2 Å². The summed E-state index contributed by atoms with van der Waals surface area (Å²) in [5.41, 5.74) is 1.18. The molecule has 28 heavy (non-hydrogen) atoms. The van der Waals surface area contributed by atoms with E-state index in [0.29, 0.717) is 16.8 Å². The third kappa shape index (κ3) is 6.54. The number of ether oxygens (including phenoxy) is 1. The van der Waals surface area contributed by atoms with Gasteiger partial charge in [-0.25, -0.2) is 4.79 Å². The Morgan fingerprint density at radius 1 is 0.964 bits per heavy atom. The molecule has 2 amide bonds. The molecule has 148 valence electrons. The highest BCUT2D eigenvalue weighted by atomic mass is 16.6. The fourth-order valence-corrected chi connectivity index (χ4v) is 2.55. The van der Waals surface area contributed by atoms with Gasteiger partial charge in [-0.1, -0.05) is 30.3 Å². The zero-order valence-corrected chi connectivity index (χ0v) is 16.6. The quantitative estimate of drug-likeness (QED) is 0.749. The number of para-hydroxylation sites is 1. The first-order valence-electron chi connectivity index (χ1n) is 9.09. The van der Waals surface area contributed by atoms with E-state index in [2.05, 4.69) is 10.6 Å². The van der Waals surface area contributed by atoms with Crippen molar-refractivity contribution in [2.45, 2.75) is 39.2 Å². The molecule has 6 nitrogen and oxygen atoms in total. The molecule has 2 rings (SSSR count). The first-order valence-corrected chi connectivity index (χ1v) is 9.09. The van der Waals surface area contributed by atoms with Crippen LogP contribution in [0.5, 0.6) is 0 Å². The van der Waals surface area contributed by atoms with Gasteiger partial charge in [0.05, 0.1) is 11.5 Å². The topological polar surface area (TPSA) is 84.5 Å². The Morgan fingerprint density at radius 2 is 1.57 bits per heavy atom. The zero-order chi connectivity index (χ0) is 20.7. The minimum atomic E-state index is -0.600. The second kappa shape index (κ2) is 9.17. The number of carbonyl (C=O) groups excluding carboxylic acids is 3. The second-order valence-corrected chi connectivity index (χ2v) is 7.47. The Morgan fingerprint density at radius 3 is 2.11 bits per heavy atom. The van der Waals surface area contributed by atoms with E-state index in [4.69, 9.17) is 4.74 Å². The molecule has 2 aromatic rings. The maximum Gasteiger partial charge on any atom is 0.338 e. The fraction of sp³-hybridized carbons (Fsp3) is 0.318. The largest absolute Gasteiger partial charge is 0.456 e. The van der Waals surface area contributed by atoms with E-state index >= 15 is 0 Å². The summed E-state index contributed by atoms with van der Waals surface area (Å²) in [6, 6.07) is 15.8. The molecule has 2 N–H and O–H groups in total. The first-order chi connectivity index (χ1) is 13.2. The molecule has 0 saturated heterocycles. The van der Waals surface area contributed by atoms with Crippen LogP contribution in [-0.4, -0.2) is 29.9 Å². The van der Waals surface area contributed by atoms with Crippen molar-refractivity contribution in [1.82, 2.24) is 5.32 Å². The number of rotatable bonds is 6. The molecule has 1 unspecified atom stereocenters. The molecule has 0 saturated carbocycles. The number of esters is 1. The Hall–Kier alpha value is -3.15. The summed E-state index contributed by atoms with van der Waals surface area (Å²) in [6.07, 6.45) is 0. The van der Waals surface area contributed by atoms with Gasteiger partial charge in [-0.05, 0) is 50.6 Å². The number of benzene rings is 2. The number of amides is 2. The lowest BCUT2D eigenvalue weighted by atomic mass is 9.96. The van der Waals surface area contributed by atoms with E-state index in [1.54, 1.807) is 57.2 Å². The van der Waals surface area contributed by atoms with Crippen LogP contribution in [0.25, 0.3) is 0 Å². The Bertz CT molecular complexity index is 824. The standard InChI is InChI=1S/C22H26N2O4/c1-15(25)23-14-19(20(26)24-18-8-6-5-7-9-18)16-10-12-17(13-11-16)21(27)28-22(2,3)4/h5-13,19H,14H2,1-4H3,(H,23,25)(H,24,26). The van der Waals surface area contributed by atoms with Crippen molar-refractivity contribution in [3.05, 3.63) is 65.7 Å². The van der Waals surface area contributed by atoms with Crippen molar-refractivity contribution in [2.75, 3.05) is 11.9 Å². The van der Waals surface area contributed by atoms with Gasteiger partial charge in [0.1, 0.15) is 5.60 Å². The van der Waals surface area contributed by atoms with Crippen molar-refractivity contribution in [3.63, 3.8) is 0 Å². The third-order valence-electron chi connectivity index (χ3n) is 3.86. The molecule has 0 aliphatic carbocycles. The molecule has 0 spiro atoms. The van der Waals surface area contributed by atoms with E-state index < -0.39 is 17.5 Å². The molecule has 0 fully saturated rings. The first kappa shape index (κ1) is 21.2. The Labute approximate surface area is 165 Å². The normalized spacial score (nSPS) is 12.0. The van der Waals surface area contributed by atoms with Crippen molar-refractivity contribution < 1.29 is 19.1 Å². The minimum absolute atomic E-state index is 0.153. The predicted octanol–water partition coefficient (Wildman–Crippen LogP) is 3.50. The van der Waals surface area contributed by atoms with Gasteiger partial charge >= 0.3 is 5.97 Å². The lowest BCUT2D eigenvalue weighted by molar-refractivity contribution is -0.119. The van der Waals surface area contributed by atoms with Gasteiger partial charge < -0.3 is 15.4 Å². The highest BCUT2D eigenvalue weighted by Crippen LogP contribution is 2.20. The van der Waals surface area contributed by atoms with Gasteiger partial charge in [-0.3, -0.25) is 9.59 Å². The summed E-state index contributed by atoms with van der Waals surface area (Å²) in [7, 11) is 0. The second-order valence-electron chi connectivity index (χ2n) is 7.47. The Kier molecular flexibility index (Phi) is 6.93. The van der Waals surface area contributed by atoms with Crippen LogP contribution in [0.15, 0.2) is 54.6 Å². The summed E-state index contributed by atoms with van der Waals surface area (Å²) >= 11 is 0. The summed E-state index contributed by atoms with van der Waals surface area (Å²) in [6.45, 7) is 6.96. The molecule has 2 aromatic carbocycles. The van der Waals surface area contributed by atoms with Gasteiger partial charge in [-0.15, -0.1) is 0 Å². The Balaban J connectivity index is 2.19. The van der Waals surface area contributed by atoms with Crippen LogP contribution in [0.1, 0.15) is 49.5 Å². The average Bonchev–Trinajstić information content (AvgIpc) is 2.61.